The van der Waals surface area contributed by atoms with Crippen molar-refractivity contribution in [2.24, 2.45) is 4.99 Å². The number of aromatic nitrogens is 2. The molecule has 0 fully saturated rings. The van der Waals surface area contributed by atoms with Gasteiger partial charge in [0.15, 0.2) is 5.82 Å². The Morgan fingerprint density at radius 2 is 2.04 bits per heavy atom. The van der Waals surface area contributed by atoms with Gasteiger partial charge in [0.1, 0.15) is 23.2 Å². The molecule has 1 aromatic heterocycles. The van der Waals surface area contributed by atoms with E-state index in [0.717, 1.165) is 22.3 Å². The van der Waals surface area contributed by atoms with E-state index < -0.39 is 0 Å². The molecule has 1 heterocycles. The fourth-order valence-corrected chi connectivity index (χ4v) is 2.33. The maximum absolute atomic E-state index is 10.2. The van der Waals surface area contributed by atoms with Crippen LogP contribution >= 0.6 is 0 Å². The van der Waals surface area contributed by atoms with Crippen LogP contribution in [0.4, 0.5) is 0 Å². The summed E-state index contributed by atoms with van der Waals surface area (Å²) in [4.78, 5) is 11.5. The predicted octanol–water partition coefficient (Wildman–Crippen LogP) is 3.48. The van der Waals surface area contributed by atoms with Crippen molar-refractivity contribution in [2.75, 3.05) is 13.7 Å². The Balaban J connectivity index is 1.79. The summed E-state index contributed by atoms with van der Waals surface area (Å²) < 4.78 is 5.09. The van der Waals surface area contributed by atoms with E-state index in [2.05, 4.69) is 15.0 Å². The number of aliphatic imine (C=N–C) groups is 1. The second-order valence-electron chi connectivity index (χ2n) is 5.28. The van der Waals surface area contributed by atoms with Gasteiger partial charge in [0.25, 0.3) is 0 Å². The number of nitriles is 1. The van der Waals surface area contributed by atoms with Gasteiger partial charge in [-0.3, -0.25) is 4.99 Å². The fraction of sp³-hybridized carbons (Fsp3) is 0.105. The fourth-order valence-electron chi connectivity index (χ4n) is 2.33. The highest BCUT2D eigenvalue weighted by atomic mass is 16.5. The Hall–Kier alpha value is -3.59. The van der Waals surface area contributed by atoms with Crippen LogP contribution in [0.15, 0.2) is 59.3 Å². The molecule has 6 nitrogen and oxygen atoms in total. The lowest BCUT2D eigenvalue weighted by atomic mass is 10.2. The number of para-hydroxylation sites is 2. The van der Waals surface area contributed by atoms with Crippen LogP contribution in [0.1, 0.15) is 11.4 Å². The monoisotopic (exact) mass is 332 g/mol. The van der Waals surface area contributed by atoms with Gasteiger partial charge < -0.3 is 14.8 Å². The molecule has 0 amide bonds. The summed E-state index contributed by atoms with van der Waals surface area (Å²) in [5.41, 5.74) is 2.50. The van der Waals surface area contributed by atoms with Crippen molar-refractivity contribution in [2.45, 2.75) is 0 Å². The van der Waals surface area contributed by atoms with Crippen molar-refractivity contribution in [3.05, 3.63) is 65.7 Å². The summed E-state index contributed by atoms with van der Waals surface area (Å²) in [6.07, 6.45) is 1.63. The molecule has 0 aliphatic carbocycles. The molecule has 124 valence electrons. The van der Waals surface area contributed by atoms with Gasteiger partial charge in [-0.1, -0.05) is 12.1 Å². The standard InChI is InChI=1S/C19H16N4O2/c1-25-14-8-6-13(7-9-14)11-21-12-18(24)15(10-20)19-22-16-4-2-3-5-17(16)23-19/h2-9,11,24H,12H2,1H3,(H,22,23). The third-order valence-electron chi connectivity index (χ3n) is 3.62. The third-order valence-corrected chi connectivity index (χ3v) is 3.62. The second kappa shape index (κ2) is 7.32. The molecule has 2 aromatic carbocycles. The van der Waals surface area contributed by atoms with Crippen molar-refractivity contribution < 1.29 is 9.84 Å². The summed E-state index contributed by atoms with van der Waals surface area (Å²) in [7, 11) is 1.60. The average Bonchev–Trinajstić information content (AvgIpc) is 3.06. The van der Waals surface area contributed by atoms with Gasteiger partial charge in [-0.2, -0.15) is 5.26 Å². The first-order valence-corrected chi connectivity index (χ1v) is 7.62. The van der Waals surface area contributed by atoms with Gasteiger partial charge in [-0.15, -0.1) is 0 Å². The maximum atomic E-state index is 10.2. The van der Waals surface area contributed by atoms with Crippen LogP contribution in [0.2, 0.25) is 0 Å². The number of nitrogens with one attached hydrogen (secondary N) is 1. The number of aromatic amines is 1. The number of rotatable bonds is 5. The molecule has 0 saturated carbocycles. The Kier molecular flexibility index (Phi) is 4.77. The largest absolute Gasteiger partial charge is 0.509 e. The number of imidazole rings is 1. The van der Waals surface area contributed by atoms with Gasteiger partial charge in [-0.25, -0.2) is 4.98 Å². The van der Waals surface area contributed by atoms with Crippen LogP contribution in [0.5, 0.6) is 5.75 Å². The van der Waals surface area contributed by atoms with E-state index >= 15 is 0 Å². The third kappa shape index (κ3) is 3.67. The number of hydrogen-bond acceptors (Lipinski definition) is 5. The molecule has 0 unspecified atom stereocenters. The number of nitrogens with zero attached hydrogens (tertiary/aromatic N) is 3. The number of benzene rings is 2. The van der Waals surface area contributed by atoms with Crippen molar-refractivity contribution in [1.29, 1.82) is 5.26 Å². The van der Waals surface area contributed by atoms with E-state index in [1.54, 1.807) is 13.3 Å². The Bertz CT molecular complexity index is 946. The minimum atomic E-state index is -0.133. The minimum absolute atomic E-state index is 0.00797. The molecule has 0 saturated heterocycles. The van der Waals surface area contributed by atoms with Crippen LogP contribution in [0.3, 0.4) is 0 Å². The zero-order valence-corrected chi connectivity index (χ0v) is 13.6. The minimum Gasteiger partial charge on any atom is -0.509 e. The highest BCUT2D eigenvalue weighted by molar-refractivity contribution is 5.83. The molecular weight excluding hydrogens is 316 g/mol. The summed E-state index contributed by atoms with van der Waals surface area (Å²) in [5, 5.41) is 19.6. The SMILES string of the molecule is COc1ccc(C=NCC(O)=C(C#N)c2nc3ccccc3[nH]2)cc1. The highest BCUT2D eigenvalue weighted by Crippen LogP contribution is 2.18. The molecule has 3 aromatic rings. The number of aliphatic hydroxyl groups excluding tert-OH is 1. The van der Waals surface area contributed by atoms with Crippen molar-refractivity contribution in [3.8, 4) is 11.8 Å². The van der Waals surface area contributed by atoms with Gasteiger partial charge >= 0.3 is 0 Å². The summed E-state index contributed by atoms with van der Waals surface area (Å²) >= 11 is 0. The van der Waals surface area contributed by atoms with Gasteiger partial charge in [0, 0.05) is 6.21 Å². The van der Waals surface area contributed by atoms with Crippen LogP contribution < -0.4 is 4.74 Å². The first-order chi connectivity index (χ1) is 12.2. The zero-order valence-electron chi connectivity index (χ0n) is 13.6. The maximum Gasteiger partial charge on any atom is 0.152 e. The van der Waals surface area contributed by atoms with Crippen LogP contribution in [-0.2, 0) is 0 Å². The summed E-state index contributed by atoms with van der Waals surface area (Å²) in [5.74, 6) is 0.962. The molecule has 25 heavy (non-hydrogen) atoms. The lowest BCUT2D eigenvalue weighted by molar-refractivity contribution is 0.407. The topological polar surface area (TPSA) is 94.3 Å². The summed E-state index contributed by atoms with van der Waals surface area (Å²) in [6.45, 7) is -0.00797. The van der Waals surface area contributed by atoms with E-state index in [-0.39, 0.29) is 17.9 Å². The van der Waals surface area contributed by atoms with Crippen LogP contribution in [0.25, 0.3) is 16.6 Å². The molecule has 2 N–H and O–H groups in total. The first kappa shape index (κ1) is 16.3. The lowest BCUT2D eigenvalue weighted by Crippen LogP contribution is -1.96. The van der Waals surface area contributed by atoms with Gasteiger partial charge in [0.05, 0.1) is 24.7 Å². The van der Waals surface area contributed by atoms with Crippen molar-refractivity contribution >= 4 is 22.8 Å². The molecule has 6 heteroatoms. The number of methoxy groups -OCH3 is 1. The number of ether oxygens (including phenoxy) is 1. The molecule has 0 atom stereocenters. The van der Waals surface area contributed by atoms with E-state index in [1.807, 2.05) is 54.6 Å². The van der Waals surface area contributed by atoms with E-state index in [4.69, 9.17) is 4.74 Å². The van der Waals surface area contributed by atoms with Crippen molar-refractivity contribution in [1.82, 2.24) is 9.97 Å². The highest BCUT2D eigenvalue weighted by Gasteiger charge is 2.12. The zero-order chi connectivity index (χ0) is 17.6. The number of allylic oxidation sites excluding steroid dienone is 1. The van der Waals surface area contributed by atoms with Crippen LogP contribution in [-0.4, -0.2) is 34.9 Å². The molecule has 0 aliphatic rings. The van der Waals surface area contributed by atoms with E-state index in [0.29, 0.717) is 5.82 Å². The Labute approximate surface area is 144 Å². The quantitative estimate of drug-likeness (QED) is 0.425. The van der Waals surface area contributed by atoms with E-state index in [9.17, 15) is 10.4 Å². The van der Waals surface area contributed by atoms with E-state index in [1.165, 1.54) is 0 Å². The number of aliphatic hydroxyl groups is 1. The summed E-state index contributed by atoms with van der Waals surface area (Å²) in [6, 6.07) is 16.8. The number of fused-ring (bicyclic) bond motifs is 1. The van der Waals surface area contributed by atoms with Gasteiger partial charge in [-0.05, 0) is 42.0 Å². The Morgan fingerprint density at radius 3 is 2.72 bits per heavy atom. The normalized spacial score (nSPS) is 12.2. The first-order valence-electron chi connectivity index (χ1n) is 7.62. The second-order valence-corrected chi connectivity index (χ2v) is 5.28. The molecule has 3 rings (SSSR count). The molecule has 0 aliphatic heterocycles. The van der Waals surface area contributed by atoms with Gasteiger partial charge in [0.2, 0.25) is 0 Å². The average molecular weight is 332 g/mol. The molecule has 0 spiro atoms. The molecular formula is C19H16N4O2. The van der Waals surface area contributed by atoms with Crippen LogP contribution in [0, 0.1) is 11.3 Å². The Morgan fingerprint density at radius 1 is 1.28 bits per heavy atom. The number of H-pyrrole nitrogens is 1. The molecule has 0 radical (unpaired) electrons. The number of hydrogen-bond donors (Lipinski definition) is 2. The smallest absolute Gasteiger partial charge is 0.152 e. The molecule has 0 bridgehead atoms. The van der Waals surface area contributed by atoms with Crippen molar-refractivity contribution in [3.63, 3.8) is 0 Å². The lowest BCUT2D eigenvalue weighted by Gasteiger charge is -2.00. The predicted molar refractivity (Wildman–Crippen MR) is 96.7 cm³/mol.